The number of aromatic nitrogens is 1. The molecule has 1 aromatic rings. The van der Waals surface area contributed by atoms with Gasteiger partial charge in [0.1, 0.15) is 6.61 Å². The summed E-state index contributed by atoms with van der Waals surface area (Å²) in [6.07, 6.45) is -4.29. The number of hydrogen-bond acceptors (Lipinski definition) is 3. The Balaban J connectivity index is 2.44. The molecule has 0 amide bonds. The quantitative estimate of drug-likeness (QED) is 0.844. The molecule has 0 fully saturated rings. The molecule has 0 saturated carbocycles. The van der Waals surface area contributed by atoms with E-state index in [0.717, 1.165) is 5.69 Å². The molecule has 0 unspecified atom stereocenters. The largest absolute Gasteiger partial charge is 0.411 e. The molecule has 0 aliphatic heterocycles. The highest BCUT2D eigenvalue weighted by molar-refractivity contribution is 5.10. The summed E-state index contributed by atoms with van der Waals surface area (Å²) in [4.78, 5) is 4.13. The zero-order chi connectivity index (χ0) is 12.0. The van der Waals surface area contributed by atoms with E-state index in [0.29, 0.717) is 12.2 Å². The maximum Gasteiger partial charge on any atom is 0.411 e. The van der Waals surface area contributed by atoms with Crippen molar-refractivity contribution in [3.05, 3.63) is 29.6 Å². The lowest BCUT2D eigenvalue weighted by molar-refractivity contribution is -0.176. The monoisotopic (exact) mass is 234 g/mol. The molecule has 6 heteroatoms. The van der Waals surface area contributed by atoms with Gasteiger partial charge in [-0.05, 0) is 19.2 Å². The molecule has 1 heterocycles. The number of nitrogens with one attached hydrogen (secondary N) is 1. The van der Waals surface area contributed by atoms with E-state index < -0.39 is 12.8 Å². The Morgan fingerprint density at radius 1 is 1.31 bits per heavy atom. The standard InChI is InChI=1S/C10H13F3N2O/c1-14-5-8-3-2-4-9(15-8)6-16-7-10(11,12)13/h2-4,14H,5-7H2,1H3. The summed E-state index contributed by atoms with van der Waals surface area (Å²) in [6.45, 7) is -0.797. The van der Waals surface area contributed by atoms with Crippen LogP contribution in [0.15, 0.2) is 18.2 Å². The van der Waals surface area contributed by atoms with Crippen molar-refractivity contribution < 1.29 is 17.9 Å². The first-order valence-corrected chi connectivity index (χ1v) is 4.75. The van der Waals surface area contributed by atoms with E-state index in [4.69, 9.17) is 0 Å². The van der Waals surface area contributed by atoms with Crippen molar-refractivity contribution >= 4 is 0 Å². The molecule has 0 spiro atoms. The lowest BCUT2D eigenvalue weighted by Crippen LogP contribution is -2.17. The Labute approximate surface area is 91.6 Å². The first kappa shape index (κ1) is 12.9. The molecular weight excluding hydrogens is 221 g/mol. The fourth-order valence-corrected chi connectivity index (χ4v) is 1.16. The van der Waals surface area contributed by atoms with Crippen LogP contribution in [0, 0.1) is 0 Å². The number of rotatable bonds is 5. The number of alkyl halides is 3. The van der Waals surface area contributed by atoms with Crippen LogP contribution in [0.4, 0.5) is 13.2 Å². The van der Waals surface area contributed by atoms with Gasteiger partial charge in [-0.25, -0.2) is 0 Å². The van der Waals surface area contributed by atoms with Gasteiger partial charge in [-0.2, -0.15) is 13.2 Å². The molecular formula is C10H13F3N2O. The molecule has 0 atom stereocenters. The third kappa shape index (κ3) is 5.09. The SMILES string of the molecule is CNCc1cccc(COCC(F)(F)F)n1. The molecule has 0 aliphatic rings. The number of halogens is 3. The minimum Gasteiger partial charge on any atom is -0.366 e. The minimum absolute atomic E-state index is 0.128. The topological polar surface area (TPSA) is 34.1 Å². The van der Waals surface area contributed by atoms with E-state index in [1.54, 1.807) is 25.2 Å². The molecule has 0 aromatic carbocycles. The van der Waals surface area contributed by atoms with Crippen LogP contribution in [-0.4, -0.2) is 24.8 Å². The third-order valence-corrected chi connectivity index (χ3v) is 1.74. The lowest BCUT2D eigenvalue weighted by Gasteiger charge is -2.08. The molecule has 1 aromatic heterocycles. The van der Waals surface area contributed by atoms with Gasteiger partial charge in [0.25, 0.3) is 0 Å². The normalized spacial score (nSPS) is 11.8. The van der Waals surface area contributed by atoms with Crippen molar-refractivity contribution in [3.63, 3.8) is 0 Å². The summed E-state index contributed by atoms with van der Waals surface area (Å²) in [6, 6.07) is 5.17. The predicted octanol–water partition coefficient (Wildman–Crippen LogP) is 1.88. The molecule has 0 aliphatic carbocycles. The number of pyridine rings is 1. The molecule has 3 nitrogen and oxygen atoms in total. The van der Waals surface area contributed by atoms with Gasteiger partial charge in [0.2, 0.25) is 0 Å². The van der Waals surface area contributed by atoms with E-state index in [-0.39, 0.29) is 6.61 Å². The van der Waals surface area contributed by atoms with Gasteiger partial charge >= 0.3 is 6.18 Å². The second kappa shape index (κ2) is 5.81. The van der Waals surface area contributed by atoms with Crippen LogP contribution in [-0.2, 0) is 17.9 Å². The van der Waals surface area contributed by atoms with Gasteiger partial charge in [0.15, 0.2) is 0 Å². The van der Waals surface area contributed by atoms with E-state index in [1.165, 1.54) is 0 Å². The Kier molecular flexibility index (Phi) is 4.70. The lowest BCUT2D eigenvalue weighted by atomic mass is 10.3. The van der Waals surface area contributed by atoms with E-state index in [9.17, 15) is 13.2 Å². The van der Waals surface area contributed by atoms with Gasteiger partial charge in [0.05, 0.1) is 18.0 Å². The zero-order valence-electron chi connectivity index (χ0n) is 8.84. The van der Waals surface area contributed by atoms with Crippen LogP contribution >= 0.6 is 0 Å². The molecule has 1 N–H and O–H groups in total. The Morgan fingerprint density at radius 2 is 2.00 bits per heavy atom. The van der Waals surface area contributed by atoms with Crippen molar-refractivity contribution in [1.82, 2.24) is 10.3 Å². The number of nitrogens with zero attached hydrogens (tertiary/aromatic N) is 1. The van der Waals surface area contributed by atoms with E-state index >= 15 is 0 Å². The summed E-state index contributed by atoms with van der Waals surface area (Å²) in [5, 5.41) is 2.91. The van der Waals surface area contributed by atoms with Crippen LogP contribution in [0.25, 0.3) is 0 Å². The molecule has 16 heavy (non-hydrogen) atoms. The van der Waals surface area contributed by atoms with Crippen LogP contribution in [0.5, 0.6) is 0 Å². The molecule has 0 bridgehead atoms. The van der Waals surface area contributed by atoms with Gasteiger partial charge in [-0.1, -0.05) is 6.07 Å². The van der Waals surface area contributed by atoms with Crippen molar-refractivity contribution in [2.45, 2.75) is 19.3 Å². The first-order chi connectivity index (χ1) is 7.51. The smallest absolute Gasteiger partial charge is 0.366 e. The summed E-state index contributed by atoms with van der Waals surface area (Å²) in [7, 11) is 1.77. The summed E-state index contributed by atoms with van der Waals surface area (Å²) in [5.41, 5.74) is 1.27. The van der Waals surface area contributed by atoms with Crippen molar-refractivity contribution in [2.75, 3.05) is 13.7 Å². The van der Waals surface area contributed by atoms with E-state index in [2.05, 4.69) is 15.0 Å². The van der Waals surface area contributed by atoms with Crippen molar-refractivity contribution in [3.8, 4) is 0 Å². The molecule has 0 saturated heterocycles. The van der Waals surface area contributed by atoms with Crippen molar-refractivity contribution in [1.29, 1.82) is 0 Å². The van der Waals surface area contributed by atoms with E-state index in [1.807, 2.05) is 0 Å². The molecule has 1 rings (SSSR count). The summed E-state index contributed by atoms with van der Waals surface area (Å²) in [5.74, 6) is 0. The minimum atomic E-state index is -4.29. The number of ether oxygens (including phenoxy) is 1. The van der Waals surface area contributed by atoms with Crippen molar-refractivity contribution in [2.24, 2.45) is 0 Å². The maximum absolute atomic E-state index is 11.8. The fraction of sp³-hybridized carbons (Fsp3) is 0.500. The van der Waals surface area contributed by atoms with Crippen LogP contribution in [0.3, 0.4) is 0 Å². The van der Waals surface area contributed by atoms with Crippen LogP contribution in [0.2, 0.25) is 0 Å². The molecule has 0 radical (unpaired) electrons. The van der Waals surface area contributed by atoms with Crippen LogP contribution in [0.1, 0.15) is 11.4 Å². The Hall–Kier alpha value is -1.14. The fourth-order valence-electron chi connectivity index (χ4n) is 1.16. The number of hydrogen-bond donors (Lipinski definition) is 1. The Morgan fingerprint density at radius 3 is 2.62 bits per heavy atom. The third-order valence-electron chi connectivity index (χ3n) is 1.74. The second-order valence-electron chi connectivity index (χ2n) is 3.26. The Bertz CT molecular complexity index is 328. The first-order valence-electron chi connectivity index (χ1n) is 4.75. The summed E-state index contributed by atoms with van der Waals surface area (Å²) < 4.78 is 39.9. The average Bonchev–Trinajstić information content (AvgIpc) is 2.17. The summed E-state index contributed by atoms with van der Waals surface area (Å²) >= 11 is 0. The van der Waals surface area contributed by atoms with Gasteiger partial charge < -0.3 is 10.1 Å². The van der Waals surface area contributed by atoms with Gasteiger partial charge in [-0.3, -0.25) is 4.98 Å². The highest BCUT2D eigenvalue weighted by Crippen LogP contribution is 2.15. The van der Waals surface area contributed by atoms with Gasteiger partial charge in [-0.15, -0.1) is 0 Å². The van der Waals surface area contributed by atoms with Gasteiger partial charge in [0, 0.05) is 6.54 Å². The average molecular weight is 234 g/mol. The highest BCUT2D eigenvalue weighted by atomic mass is 19.4. The second-order valence-corrected chi connectivity index (χ2v) is 3.26. The van der Waals surface area contributed by atoms with Crippen LogP contribution < -0.4 is 5.32 Å². The predicted molar refractivity (Wildman–Crippen MR) is 52.7 cm³/mol. The zero-order valence-corrected chi connectivity index (χ0v) is 8.84. The molecule has 90 valence electrons. The highest BCUT2D eigenvalue weighted by Gasteiger charge is 2.27. The maximum atomic E-state index is 11.8.